The second kappa shape index (κ2) is 9.85. The highest BCUT2D eigenvalue weighted by Gasteiger charge is 2.23. The van der Waals surface area contributed by atoms with Crippen LogP contribution in [0.1, 0.15) is 41.3 Å². The highest BCUT2D eigenvalue weighted by Crippen LogP contribution is 2.24. The lowest BCUT2D eigenvalue weighted by Gasteiger charge is -2.15. The van der Waals surface area contributed by atoms with Crippen molar-refractivity contribution in [1.82, 2.24) is 5.32 Å². The topological polar surface area (TPSA) is 101 Å². The van der Waals surface area contributed by atoms with Crippen LogP contribution in [0.2, 0.25) is 0 Å². The largest absolute Gasteiger partial charge is 0.480 e. The molecule has 0 aliphatic heterocycles. The Morgan fingerprint density at radius 2 is 1.64 bits per heavy atom. The molecule has 0 saturated carbocycles. The molecule has 0 aliphatic carbocycles. The second-order valence-electron chi connectivity index (χ2n) is 6.26. The van der Waals surface area contributed by atoms with Gasteiger partial charge in [-0.2, -0.15) is 0 Å². The van der Waals surface area contributed by atoms with Crippen LogP contribution in [-0.4, -0.2) is 39.7 Å². The molecule has 0 aromatic heterocycles. The molecule has 28 heavy (non-hydrogen) atoms. The summed E-state index contributed by atoms with van der Waals surface area (Å²) >= 11 is 0.849. The van der Waals surface area contributed by atoms with Crippen molar-refractivity contribution in [1.29, 1.82) is 0 Å². The van der Waals surface area contributed by atoms with Crippen LogP contribution in [0.15, 0.2) is 54.6 Å². The molecule has 7 heteroatoms. The highest BCUT2D eigenvalue weighted by molar-refractivity contribution is 8.13. The Bertz CT molecular complexity index is 881. The number of amides is 1. The number of aliphatic carboxylic acids is 1. The predicted octanol–water partition coefficient (Wildman–Crippen LogP) is 2.87. The number of benzene rings is 2. The van der Waals surface area contributed by atoms with E-state index in [1.54, 1.807) is 55.5 Å². The predicted molar refractivity (Wildman–Crippen MR) is 107 cm³/mol. The molecule has 2 rings (SSSR count). The van der Waals surface area contributed by atoms with Crippen molar-refractivity contribution in [2.45, 2.75) is 25.8 Å². The number of ketones is 1. The summed E-state index contributed by atoms with van der Waals surface area (Å²) in [6.45, 7) is 2.93. The van der Waals surface area contributed by atoms with E-state index >= 15 is 0 Å². The minimum Gasteiger partial charge on any atom is -0.480 e. The van der Waals surface area contributed by atoms with Crippen molar-refractivity contribution >= 4 is 34.5 Å². The Balaban J connectivity index is 2.08. The fourth-order valence-corrected chi connectivity index (χ4v) is 3.49. The molecular weight excluding hydrogens is 378 g/mol. The molecule has 0 radical (unpaired) electrons. The fourth-order valence-electron chi connectivity index (χ4n) is 2.55. The Morgan fingerprint density at radius 3 is 2.25 bits per heavy atom. The molecular formula is C21H21NO5S. The molecule has 6 nitrogen and oxygen atoms in total. The number of rotatable bonds is 8. The third-order valence-electron chi connectivity index (χ3n) is 4.11. The zero-order valence-corrected chi connectivity index (χ0v) is 16.4. The normalized spacial score (nSPS) is 12.6. The van der Waals surface area contributed by atoms with Gasteiger partial charge in [0.25, 0.3) is 0 Å². The van der Waals surface area contributed by atoms with E-state index in [-0.39, 0.29) is 16.7 Å². The fraction of sp³-hybridized carbons (Fsp3) is 0.238. The first-order valence-electron chi connectivity index (χ1n) is 8.66. The second-order valence-corrected chi connectivity index (χ2v) is 7.29. The number of carboxylic acids is 1. The first kappa shape index (κ1) is 21.4. The minimum atomic E-state index is -1.20. The maximum Gasteiger partial charge on any atom is 0.327 e. The smallest absolute Gasteiger partial charge is 0.327 e. The molecule has 2 aromatic rings. The average Bonchev–Trinajstić information content (AvgIpc) is 2.70. The number of thioether (sulfide) groups is 1. The summed E-state index contributed by atoms with van der Waals surface area (Å²) in [4.78, 5) is 47.3. The number of hydrogen-bond donors (Lipinski definition) is 2. The van der Waals surface area contributed by atoms with Crippen molar-refractivity contribution in [2.24, 2.45) is 0 Å². The summed E-state index contributed by atoms with van der Waals surface area (Å²) in [5.74, 6) is -2.40. The summed E-state index contributed by atoms with van der Waals surface area (Å²) in [5.41, 5.74) is 1.72. The maximum atomic E-state index is 12.6. The van der Waals surface area contributed by atoms with Crippen LogP contribution in [0.3, 0.4) is 0 Å². The third kappa shape index (κ3) is 5.79. The molecule has 146 valence electrons. The van der Waals surface area contributed by atoms with Gasteiger partial charge in [0.1, 0.15) is 6.04 Å². The zero-order valence-electron chi connectivity index (χ0n) is 15.5. The van der Waals surface area contributed by atoms with Gasteiger partial charge in [0.2, 0.25) is 5.91 Å². The maximum absolute atomic E-state index is 12.6. The third-order valence-corrected chi connectivity index (χ3v) is 5.24. The number of carbonyl (C=O) groups excluding carboxylic acids is 3. The summed E-state index contributed by atoms with van der Waals surface area (Å²) in [6.07, 6.45) is 0. The number of nitrogens with one attached hydrogen (secondary N) is 1. The summed E-state index contributed by atoms with van der Waals surface area (Å²) in [6, 6.07) is 14.6. The van der Waals surface area contributed by atoms with Crippen molar-refractivity contribution in [3.05, 3.63) is 71.3 Å². The van der Waals surface area contributed by atoms with Crippen LogP contribution >= 0.6 is 11.8 Å². The van der Waals surface area contributed by atoms with Crippen molar-refractivity contribution in [2.75, 3.05) is 5.75 Å². The molecule has 0 saturated heterocycles. The van der Waals surface area contributed by atoms with E-state index in [1.807, 2.05) is 6.07 Å². The van der Waals surface area contributed by atoms with Crippen LogP contribution in [0.25, 0.3) is 0 Å². The standard InChI is InChI=1S/C21H21NO5S/c1-13(21(27)28-12-18(20(25)26)22-14(2)23)16-9-6-10-17(11-16)19(24)15-7-4-3-5-8-15/h3-11,13,18H,12H2,1-2H3,(H,22,23)(H,25,26)/t13-,18+/m1/s1. The van der Waals surface area contributed by atoms with E-state index in [2.05, 4.69) is 5.32 Å². The van der Waals surface area contributed by atoms with Crippen LogP contribution in [0.4, 0.5) is 0 Å². The molecule has 2 N–H and O–H groups in total. The van der Waals surface area contributed by atoms with Crippen molar-refractivity contribution < 1.29 is 24.3 Å². The van der Waals surface area contributed by atoms with E-state index in [0.29, 0.717) is 16.7 Å². The van der Waals surface area contributed by atoms with Gasteiger partial charge in [-0.15, -0.1) is 0 Å². The van der Waals surface area contributed by atoms with Gasteiger partial charge in [0, 0.05) is 23.8 Å². The van der Waals surface area contributed by atoms with E-state index in [1.165, 1.54) is 6.92 Å². The van der Waals surface area contributed by atoms with Gasteiger partial charge in [-0.1, -0.05) is 67.2 Å². The Labute approximate surface area is 167 Å². The molecule has 0 aliphatic rings. The first-order valence-corrected chi connectivity index (χ1v) is 9.64. The molecule has 0 unspecified atom stereocenters. The van der Waals surface area contributed by atoms with Crippen molar-refractivity contribution in [3.63, 3.8) is 0 Å². The SMILES string of the molecule is CC(=O)N[C@@H](CSC(=O)[C@H](C)c1cccc(C(=O)c2ccccc2)c1)C(=O)O. The van der Waals surface area contributed by atoms with Crippen LogP contribution in [-0.2, 0) is 14.4 Å². The van der Waals surface area contributed by atoms with Crippen LogP contribution in [0.5, 0.6) is 0 Å². The monoisotopic (exact) mass is 399 g/mol. The molecule has 2 aromatic carbocycles. The summed E-state index contributed by atoms with van der Waals surface area (Å²) in [7, 11) is 0. The number of hydrogen-bond acceptors (Lipinski definition) is 5. The van der Waals surface area contributed by atoms with Gasteiger partial charge >= 0.3 is 5.97 Å². The van der Waals surface area contributed by atoms with Gasteiger partial charge in [-0.3, -0.25) is 14.4 Å². The van der Waals surface area contributed by atoms with E-state index in [4.69, 9.17) is 5.11 Å². The van der Waals surface area contributed by atoms with Crippen LogP contribution in [0, 0.1) is 0 Å². The van der Waals surface area contributed by atoms with E-state index in [0.717, 1.165) is 11.8 Å². The lowest BCUT2D eigenvalue weighted by atomic mass is 9.96. The first-order chi connectivity index (χ1) is 13.3. The molecule has 0 fully saturated rings. The Morgan fingerprint density at radius 1 is 1.00 bits per heavy atom. The summed E-state index contributed by atoms with van der Waals surface area (Å²) in [5, 5.41) is 11.2. The Hall–Kier alpha value is -2.93. The van der Waals surface area contributed by atoms with Gasteiger partial charge in [-0.25, -0.2) is 4.79 Å². The van der Waals surface area contributed by atoms with Crippen LogP contribution < -0.4 is 5.32 Å². The van der Waals surface area contributed by atoms with Gasteiger partial charge in [0.05, 0.1) is 5.92 Å². The highest BCUT2D eigenvalue weighted by atomic mass is 32.2. The number of carboxylic acid groups (broad SMARTS) is 1. The quantitative estimate of drug-likeness (QED) is 0.662. The molecule has 0 bridgehead atoms. The van der Waals surface area contributed by atoms with Crippen molar-refractivity contribution in [3.8, 4) is 0 Å². The zero-order chi connectivity index (χ0) is 20.7. The van der Waals surface area contributed by atoms with Gasteiger partial charge in [0.15, 0.2) is 10.9 Å². The Kier molecular flexibility index (Phi) is 7.52. The number of carbonyl (C=O) groups is 4. The molecule has 0 spiro atoms. The molecule has 1 amide bonds. The van der Waals surface area contributed by atoms with Gasteiger partial charge in [-0.05, 0) is 11.6 Å². The molecule has 0 heterocycles. The average molecular weight is 399 g/mol. The summed E-state index contributed by atoms with van der Waals surface area (Å²) < 4.78 is 0. The van der Waals surface area contributed by atoms with E-state index < -0.39 is 23.8 Å². The van der Waals surface area contributed by atoms with Gasteiger partial charge < -0.3 is 10.4 Å². The minimum absolute atomic E-state index is 0.0687. The van der Waals surface area contributed by atoms with E-state index in [9.17, 15) is 19.2 Å². The lowest BCUT2D eigenvalue weighted by molar-refractivity contribution is -0.140. The molecule has 2 atom stereocenters. The lowest BCUT2D eigenvalue weighted by Crippen LogP contribution is -2.41.